The average Bonchev–Trinajstić information content (AvgIpc) is 2.54. The lowest BCUT2D eigenvalue weighted by Crippen LogP contribution is -2.44. The molecule has 1 N–H and O–H groups in total. The molecular formula is C11H11BrN2O. The van der Waals surface area contributed by atoms with E-state index in [1.54, 1.807) is 0 Å². The van der Waals surface area contributed by atoms with Gasteiger partial charge in [0.1, 0.15) is 0 Å². The van der Waals surface area contributed by atoms with Crippen LogP contribution in [0.4, 0.5) is 0 Å². The normalized spacial score (nSPS) is 23.9. The summed E-state index contributed by atoms with van der Waals surface area (Å²) < 4.78 is 1.04. The number of benzene rings is 1. The topological polar surface area (TPSA) is 32.3 Å². The molecule has 1 aromatic rings. The molecule has 0 bridgehead atoms. The van der Waals surface area contributed by atoms with Crippen molar-refractivity contribution < 1.29 is 4.79 Å². The molecule has 1 amide bonds. The van der Waals surface area contributed by atoms with E-state index in [1.165, 1.54) is 0 Å². The highest BCUT2D eigenvalue weighted by molar-refractivity contribution is 9.10. The van der Waals surface area contributed by atoms with Crippen LogP contribution in [0.3, 0.4) is 0 Å². The van der Waals surface area contributed by atoms with Gasteiger partial charge in [-0.2, -0.15) is 0 Å². The molecule has 2 heterocycles. The molecule has 1 aromatic carbocycles. The second kappa shape index (κ2) is 3.32. The largest absolute Gasteiger partial charge is 0.329 e. The Hall–Kier alpha value is -0.870. The third-order valence-electron chi connectivity index (χ3n) is 3.11. The summed E-state index contributed by atoms with van der Waals surface area (Å²) >= 11 is 3.45. The number of carbonyl (C=O) groups excluding carboxylic acids is 1. The van der Waals surface area contributed by atoms with E-state index in [-0.39, 0.29) is 11.9 Å². The highest BCUT2D eigenvalue weighted by atomic mass is 79.9. The monoisotopic (exact) mass is 266 g/mol. The van der Waals surface area contributed by atoms with Crippen molar-refractivity contribution in [3.63, 3.8) is 0 Å². The number of carbonyl (C=O) groups is 1. The minimum absolute atomic E-state index is 0.184. The number of piperazine rings is 1. The van der Waals surface area contributed by atoms with Gasteiger partial charge in [0.2, 0.25) is 0 Å². The molecule has 0 spiro atoms. The quantitative estimate of drug-likeness (QED) is 0.773. The fraction of sp³-hybridized carbons (Fsp3) is 0.364. The van der Waals surface area contributed by atoms with Crippen molar-refractivity contribution in [2.45, 2.75) is 6.04 Å². The molecule has 1 atom stereocenters. The summed E-state index contributed by atoms with van der Waals surface area (Å²) in [5.74, 6) is 0.184. The Morgan fingerprint density at radius 2 is 2.33 bits per heavy atom. The number of rotatable bonds is 0. The minimum Gasteiger partial charge on any atom is -0.329 e. The van der Waals surface area contributed by atoms with Crippen molar-refractivity contribution in [1.82, 2.24) is 10.2 Å². The lowest BCUT2D eigenvalue weighted by atomic mass is 10.0. The van der Waals surface area contributed by atoms with Gasteiger partial charge in [0, 0.05) is 29.7 Å². The van der Waals surface area contributed by atoms with Crippen LogP contribution in [0.5, 0.6) is 0 Å². The van der Waals surface area contributed by atoms with Crippen LogP contribution < -0.4 is 5.32 Å². The van der Waals surface area contributed by atoms with E-state index in [2.05, 4.69) is 27.3 Å². The summed E-state index contributed by atoms with van der Waals surface area (Å²) in [7, 11) is 0. The van der Waals surface area contributed by atoms with Gasteiger partial charge in [0.05, 0.1) is 6.04 Å². The van der Waals surface area contributed by atoms with Crippen LogP contribution in [0.1, 0.15) is 22.0 Å². The molecule has 3 rings (SSSR count). The molecule has 0 aromatic heterocycles. The maximum absolute atomic E-state index is 12.0. The number of amides is 1. The summed E-state index contributed by atoms with van der Waals surface area (Å²) in [6.45, 7) is 2.59. The number of nitrogens with one attached hydrogen (secondary N) is 1. The Morgan fingerprint density at radius 1 is 1.47 bits per heavy atom. The Kier molecular flexibility index (Phi) is 2.07. The molecule has 4 heteroatoms. The van der Waals surface area contributed by atoms with Crippen molar-refractivity contribution >= 4 is 21.8 Å². The maximum Gasteiger partial charge on any atom is 0.254 e. The smallest absolute Gasteiger partial charge is 0.254 e. The second-order valence-electron chi connectivity index (χ2n) is 3.95. The van der Waals surface area contributed by atoms with E-state index in [0.717, 1.165) is 35.2 Å². The van der Waals surface area contributed by atoms with Crippen molar-refractivity contribution in [3.8, 4) is 0 Å². The highest BCUT2D eigenvalue weighted by Gasteiger charge is 2.37. The van der Waals surface area contributed by atoms with Crippen molar-refractivity contribution in [2.24, 2.45) is 0 Å². The molecule has 3 nitrogen and oxygen atoms in total. The Morgan fingerprint density at radius 3 is 3.20 bits per heavy atom. The summed E-state index contributed by atoms with van der Waals surface area (Å²) in [6, 6.07) is 6.15. The van der Waals surface area contributed by atoms with Crippen LogP contribution >= 0.6 is 15.9 Å². The zero-order valence-corrected chi connectivity index (χ0v) is 9.75. The standard InChI is InChI=1S/C11H11BrN2O/c12-7-1-2-8-9(5-7)10-6-13-3-4-14(10)11(8)15/h1-2,5,10,13H,3-4,6H2. The lowest BCUT2D eigenvalue weighted by Gasteiger charge is -2.30. The van der Waals surface area contributed by atoms with E-state index in [1.807, 2.05) is 17.0 Å². The number of halogens is 1. The van der Waals surface area contributed by atoms with Gasteiger partial charge >= 0.3 is 0 Å². The van der Waals surface area contributed by atoms with Gasteiger partial charge in [-0.3, -0.25) is 4.79 Å². The zero-order valence-electron chi connectivity index (χ0n) is 8.16. The molecule has 78 valence electrons. The SMILES string of the molecule is O=C1c2ccc(Br)cc2C2CNCCN12. The molecule has 2 aliphatic heterocycles. The summed E-state index contributed by atoms with van der Waals surface area (Å²) in [4.78, 5) is 14.0. The predicted octanol–water partition coefficient (Wildman–Crippen LogP) is 1.55. The fourth-order valence-electron chi connectivity index (χ4n) is 2.38. The van der Waals surface area contributed by atoms with Crippen LogP contribution in [0.15, 0.2) is 22.7 Å². The van der Waals surface area contributed by atoms with E-state index in [9.17, 15) is 4.79 Å². The summed E-state index contributed by atoms with van der Waals surface area (Å²) in [5.41, 5.74) is 2.02. The van der Waals surface area contributed by atoms with E-state index < -0.39 is 0 Å². The maximum atomic E-state index is 12.0. The molecule has 0 radical (unpaired) electrons. The van der Waals surface area contributed by atoms with Crippen molar-refractivity contribution in [2.75, 3.05) is 19.6 Å². The summed E-state index contributed by atoms with van der Waals surface area (Å²) in [6.07, 6.45) is 0. The van der Waals surface area contributed by atoms with Gasteiger partial charge in [-0.05, 0) is 23.8 Å². The fourth-order valence-corrected chi connectivity index (χ4v) is 2.76. The second-order valence-corrected chi connectivity index (χ2v) is 4.87. The first-order valence-corrected chi connectivity index (χ1v) is 5.88. The van der Waals surface area contributed by atoms with Gasteiger partial charge in [-0.1, -0.05) is 15.9 Å². The van der Waals surface area contributed by atoms with Gasteiger partial charge in [-0.25, -0.2) is 0 Å². The van der Waals surface area contributed by atoms with Gasteiger partial charge < -0.3 is 10.2 Å². The number of fused-ring (bicyclic) bond motifs is 3. The molecule has 1 saturated heterocycles. The van der Waals surface area contributed by atoms with Crippen LogP contribution in [-0.2, 0) is 0 Å². The minimum atomic E-state index is 0.184. The van der Waals surface area contributed by atoms with E-state index >= 15 is 0 Å². The average molecular weight is 267 g/mol. The molecule has 15 heavy (non-hydrogen) atoms. The third-order valence-corrected chi connectivity index (χ3v) is 3.60. The molecule has 1 fully saturated rings. The van der Waals surface area contributed by atoms with Gasteiger partial charge in [0.15, 0.2) is 0 Å². The Balaban J connectivity index is 2.12. The van der Waals surface area contributed by atoms with Crippen molar-refractivity contribution in [1.29, 1.82) is 0 Å². The van der Waals surface area contributed by atoms with Crippen LogP contribution in [0, 0.1) is 0 Å². The number of hydrogen-bond acceptors (Lipinski definition) is 2. The molecule has 2 aliphatic rings. The van der Waals surface area contributed by atoms with E-state index in [4.69, 9.17) is 0 Å². The number of hydrogen-bond donors (Lipinski definition) is 1. The molecule has 0 aliphatic carbocycles. The highest BCUT2D eigenvalue weighted by Crippen LogP contribution is 2.35. The van der Waals surface area contributed by atoms with E-state index in [0.29, 0.717) is 0 Å². The molecule has 0 saturated carbocycles. The summed E-state index contributed by atoms with van der Waals surface area (Å²) in [5, 5.41) is 3.33. The van der Waals surface area contributed by atoms with Crippen LogP contribution in [0.2, 0.25) is 0 Å². The van der Waals surface area contributed by atoms with Crippen LogP contribution in [0.25, 0.3) is 0 Å². The lowest BCUT2D eigenvalue weighted by molar-refractivity contribution is 0.0691. The number of nitrogens with zero attached hydrogens (tertiary/aromatic N) is 1. The van der Waals surface area contributed by atoms with Gasteiger partial charge in [0.25, 0.3) is 5.91 Å². The predicted molar refractivity (Wildman–Crippen MR) is 60.8 cm³/mol. The zero-order chi connectivity index (χ0) is 10.4. The molecular weight excluding hydrogens is 256 g/mol. The third kappa shape index (κ3) is 1.32. The van der Waals surface area contributed by atoms with Crippen molar-refractivity contribution in [3.05, 3.63) is 33.8 Å². The van der Waals surface area contributed by atoms with Crippen LogP contribution in [-0.4, -0.2) is 30.4 Å². The Labute approximate surface area is 96.6 Å². The van der Waals surface area contributed by atoms with Gasteiger partial charge in [-0.15, -0.1) is 0 Å². The Bertz CT molecular complexity index is 433. The first kappa shape index (κ1) is 9.36. The first-order valence-electron chi connectivity index (χ1n) is 5.08. The first-order chi connectivity index (χ1) is 7.27. The molecule has 1 unspecified atom stereocenters.